The van der Waals surface area contributed by atoms with Crippen LogP contribution >= 0.6 is 0 Å². The summed E-state index contributed by atoms with van der Waals surface area (Å²) in [5.74, 6) is 0.772. The summed E-state index contributed by atoms with van der Waals surface area (Å²) in [6.07, 6.45) is 5.61. The molecule has 2 heterocycles. The van der Waals surface area contributed by atoms with Gasteiger partial charge in [-0.2, -0.15) is 0 Å². The highest BCUT2D eigenvalue weighted by molar-refractivity contribution is 7.89. The van der Waals surface area contributed by atoms with Gasteiger partial charge in [0.05, 0.1) is 4.90 Å². The average Bonchev–Trinajstić information content (AvgIpc) is 3.26. The molecule has 1 aliphatic carbocycles. The fourth-order valence-electron chi connectivity index (χ4n) is 3.99. The number of amides is 1. The highest BCUT2D eigenvalue weighted by Crippen LogP contribution is 2.21. The molecule has 1 aromatic carbocycles. The number of anilines is 1. The summed E-state index contributed by atoms with van der Waals surface area (Å²) in [7, 11) is -3.61. The molecule has 2 aliphatic rings. The number of rotatable bonds is 5. The van der Waals surface area contributed by atoms with E-state index in [1.807, 2.05) is 18.2 Å². The van der Waals surface area contributed by atoms with E-state index in [0.29, 0.717) is 31.7 Å². The zero-order valence-corrected chi connectivity index (χ0v) is 17.1. The van der Waals surface area contributed by atoms with Crippen molar-refractivity contribution in [2.75, 3.05) is 31.1 Å². The number of carbonyl (C=O) groups excluding carboxylic acids is 1. The number of nitrogens with one attached hydrogen (secondary N) is 1. The van der Waals surface area contributed by atoms with Gasteiger partial charge in [0.25, 0.3) is 5.91 Å². The molecule has 7 nitrogen and oxygen atoms in total. The summed E-state index contributed by atoms with van der Waals surface area (Å²) in [6, 6.07) is 12.2. The molecule has 1 aromatic heterocycles. The lowest BCUT2D eigenvalue weighted by Crippen LogP contribution is -2.49. The molecule has 29 heavy (non-hydrogen) atoms. The van der Waals surface area contributed by atoms with Crippen LogP contribution in [0.15, 0.2) is 53.6 Å². The van der Waals surface area contributed by atoms with E-state index in [2.05, 4.69) is 14.6 Å². The lowest BCUT2D eigenvalue weighted by Gasteiger charge is -2.35. The maximum Gasteiger partial charge on any atom is 0.254 e. The average molecular weight is 415 g/mol. The minimum atomic E-state index is -3.61. The van der Waals surface area contributed by atoms with E-state index in [9.17, 15) is 13.2 Å². The first-order valence-electron chi connectivity index (χ1n) is 10.1. The molecule has 0 unspecified atom stereocenters. The standard InChI is InChI=1S/C21H26N4O3S/c26-21(25-14-12-24(13-15-25)20-10-3-4-11-22-20)17-6-5-9-19(16-17)29(27,28)23-18-7-1-2-8-18/h3-6,9-11,16,18,23H,1-2,7-8,12-15H2. The van der Waals surface area contributed by atoms with Crippen molar-refractivity contribution in [1.82, 2.24) is 14.6 Å². The van der Waals surface area contributed by atoms with Gasteiger partial charge in [-0.05, 0) is 43.2 Å². The van der Waals surface area contributed by atoms with Crippen molar-refractivity contribution in [2.45, 2.75) is 36.6 Å². The molecular formula is C21H26N4O3S. The summed E-state index contributed by atoms with van der Waals surface area (Å²) in [5.41, 5.74) is 0.408. The molecule has 0 atom stereocenters. The monoisotopic (exact) mass is 414 g/mol. The lowest BCUT2D eigenvalue weighted by atomic mass is 10.2. The van der Waals surface area contributed by atoms with E-state index in [1.165, 1.54) is 6.07 Å². The topological polar surface area (TPSA) is 82.6 Å². The fourth-order valence-corrected chi connectivity index (χ4v) is 5.34. The van der Waals surface area contributed by atoms with Crippen molar-refractivity contribution >= 4 is 21.7 Å². The largest absolute Gasteiger partial charge is 0.353 e. The Morgan fingerprint density at radius 3 is 2.45 bits per heavy atom. The summed E-state index contributed by atoms with van der Waals surface area (Å²) in [6.45, 7) is 2.55. The van der Waals surface area contributed by atoms with Crippen LogP contribution in [0.5, 0.6) is 0 Å². The van der Waals surface area contributed by atoms with Gasteiger partial charge in [0, 0.05) is 44.0 Å². The van der Waals surface area contributed by atoms with Crippen LogP contribution in [0.1, 0.15) is 36.0 Å². The van der Waals surface area contributed by atoms with Crippen molar-refractivity contribution in [2.24, 2.45) is 0 Å². The molecule has 154 valence electrons. The van der Waals surface area contributed by atoms with Crippen LogP contribution in [0, 0.1) is 0 Å². The predicted molar refractivity (Wildman–Crippen MR) is 111 cm³/mol. The molecule has 0 radical (unpaired) electrons. The smallest absolute Gasteiger partial charge is 0.254 e. The number of hydrogen-bond donors (Lipinski definition) is 1. The first-order valence-corrected chi connectivity index (χ1v) is 11.6. The molecule has 2 aromatic rings. The molecule has 0 bridgehead atoms. The molecule has 1 amide bonds. The molecule has 0 spiro atoms. The van der Waals surface area contributed by atoms with E-state index >= 15 is 0 Å². The highest BCUT2D eigenvalue weighted by Gasteiger charge is 2.26. The molecule has 4 rings (SSSR count). The van der Waals surface area contributed by atoms with E-state index < -0.39 is 10.0 Å². The van der Waals surface area contributed by atoms with E-state index in [1.54, 1.807) is 29.3 Å². The normalized spacial score (nSPS) is 18.2. The number of carbonyl (C=O) groups is 1. The quantitative estimate of drug-likeness (QED) is 0.812. The minimum absolute atomic E-state index is 0.000897. The number of nitrogens with zero attached hydrogens (tertiary/aromatic N) is 3. The van der Waals surface area contributed by atoms with Gasteiger partial charge in [0.2, 0.25) is 10.0 Å². The van der Waals surface area contributed by atoms with Gasteiger partial charge in [0.15, 0.2) is 0 Å². The molecule has 1 aliphatic heterocycles. The van der Waals surface area contributed by atoms with Gasteiger partial charge in [-0.3, -0.25) is 4.79 Å². The number of piperazine rings is 1. The summed E-state index contributed by atoms with van der Waals surface area (Å²) >= 11 is 0. The Morgan fingerprint density at radius 2 is 1.76 bits per heavy atom. The van der Waals surface area contributed by atoms with E-state index in [0.717, 1.165) is 31.5 Å². The SMILES string of the molecule is O=C(c1cccc(S(=O)(=O)NC2CCCC2)c1)N1CCN(c2ccccn2)CC1. The van der Waals surface area contributed by atoms with Gasteiger partial charge in [-0.15, -0.1) is 0 Å². The van der Waals surface area contributed by atoms with Crippen LogP contribution in [0.3, 0.4) is 0 Å². The molecule has 1 N–H and O–H groups in total. The third-order valence-corrected chi connectivity index (χ3v) is 7.13. The Morgan fingerprint density at radius 1 is 1.00 bits per heavy atom. The van der Waals surface area contributed by atoms with Crippen LogP contribution in [-0.4, -0.2) is 56.4 Å². The first-order chi connectivity index (χ1) is 14.0. The fraction of sp³-hybridized carbons (Fsp3) is 0.429. The Balaban J connectivity index is 1.42. The van der Waals surface area contributed by atoms with E-state index in [4.69, 9.17) is 0 Å². The molecular weight excluding hydrogens is 388 g/mol. The zero-order valence-electron chi connectivity index (χ0n) is 16.3. The number of sulfonamides is 1. The molecule has 1 saturated heterocycles. The summed E-state index contributed by atoms with van der Waals surface area (Å²) < 4.78 is 28.2. The van der Waals surface area contributed by atoms with Crippen LogP contribution in [-0.2, 0) is 10.0 Å². The molecule has 1 saturated carbocycles. The van der Waals surface area contributed by atoms with Crippen molar-refractivity contribution in [1.29, 1.82) is 0 Å². The van der Waals surface area contributed by atoms with Gasteiger partial charge >= 0.3 is 0 Å². The number of benzene rings is 1. The first kappa shape index (κ1) is 19.8. The maximum atomic E-state index is 12.9. The van der Waals surface area contributed by atoms with Crippen LogP contribution < -0.4 is 9.62 Å². The number of hydrogen-bond acceptors (Lipinski definition) is 5. The molecule has 2 fully saturated rings. The van der Waals surface area contributed by atoms with Crippen LogP contribution in [0.4, 0.5) is 5.82 Å². The van der Waals surface area contributed by atoms with Crippen LogP contribution in [0.25, 0.3) is 0 Å². The van der Waals surface area contributed by atoms with E-state index in [-0.39, 0.29) is 16.8 Å². The van der Waals surface area contributed by atoms with Crippen molar-refractivity contribution in [3.63, 3.8) is 0 Å². The third kappa shape index (κ3) is 4.59. The van der Waals surface area contributed by atoms with Gasteiger partial charge in [0.1, 0.15) is 5.82 Å². The number of pyridine rings is 1. The second-order valence-corrected chi connectivity index (χ2v) is 9.31. The maximum absolute atomic E-state index is 12.9. The van der Waals surface area contributed by atoms with Crippen molar-refractivity contribution in [3.05, 3.63) is 54.2 Å². The van der Waals surface area contributed by atoms with Crippen molar-refractivity contribution < 1.29 is 13.2 Å². The lowest BCUT2D eigenvalue weighted by molar-refractivity contribution is 0.0746. The Kier molecular flexibility index (Phi) is 5.82. The third-order valence-electron chi connectivity index (χ3n) is 5.61. The number of aromatic nitrogens is 1. The second kappa shape index (κ2) is 8.51. The van der Waals surface area contributed by atoms with Crippen LogP contribution in [0.2, 0.25) is 0 Å². The Labute approximate surface area is 171 Å². The Bertz CT molecular complexity index is 951. The molecule has 8 heteroatoms. The second-order valence-electron chi connectivity index (χ2n) is 7.60. The van der Waals surface area contributed by atoms with Gasteiger partial charge < -0.3 is 9.80 Å². The van der Waals surface area contributed by atoms with Gasteiger partial charge in [-0.1, -0.05) is 25.0 Å². The van der Waals surface area contributed by atoms with Crippen molar-refractivity contribution in [3.8, 4) is 0 Å². The highest BCUT2D eigenvalue weighted by atomic mass is 32.2. The Hall–Kier alpha value is -2.45. The summed E-state index contributed by atoms with van der Waals surface area (Å²) in [4.78, 5) is 21.4. The predicted octanol–water partition coefficient (Wildman–Crippen LogP) is 2.26. The van der Waals surface area contributed by atoms with Gasteiger partial charge in [-0.25, -0.2) is 18.1 Å². The minimum Gasteiger partial charge on any atom is -0.353 e. The summed E-state index contributed by atoms with van der Waals surface area (Å²) in [5, 5.41) is 0. The zero-order chi connectivity index (χ0) is 20.3.